The van der Waals surface area contributed by atoms with Crippen molar-refractivity contribution < 1.29 is 15.0 Å². The monoisotopic (exact) mass is 347 g/mol. The number of benzene rings is 2. The predicted octanol–water partition coefficient (Wildman–Crippen LogP) is 4.56. The van der Waals surface area contributed by atoms with E-state index in [2.05, 4.69) is 5.32 Å². The van der Waals surface area contributed by atoms with Crippen molar-refractivity contribution in [2.45, 2.75) is 33.1 Å². The topological polar surface area (TPSA) is 69.6 Å². The van der Waals surface area contributed by atoms with Crippen LogP contribution in [0.3, 0.4) is 0 Å². The van der Waals surface area contributed by atoms with Crippen LogP contribution >= 0.6 is 11.6 Å². The number of phenols is 1. The summed E-state index contributed by atoms with van der Waals surface area (Å²) in [6.07, 6.45) is 0.657. The van der Waals surface area contributed by atoms with Gasteiger partial charge in [0.1, 0.15) is 12.3 Å². The Morgan fingerprint density at radius 1 is 1.25 bits per heavy atom. The van der Waals surface area contributed by atoms with Crippen molar-refractivity contribution in [3.05, 3.63) is 57.6 Å². The Morgan fingerprint density at radius 3 is 2.54 bits per heavy atom. The number of rotatable bonds is 6. The lowest BCUT2D eigenvalue weighted by Crippen LogP contribution is -2.12. The van der Waals surface area contributed by atoms with Crippen LogP contribution in [0.4, 0.5) is 5.69 Å². The van der Waals surface area contributed by atoms with Gasteiger partial charge in [-0.2, -0.15) is 0 Å². The first-order valence-electron chi connectivity index (χ1n) is 7.84. The largest absolute Gasteiger partial charge is 0.508 e. The molecule has 0 fully saturated rings. The fraction of sp³-hybridized carbons (Fsp3) is 0.316. The lowest BCUT2D eigenvalue weighted by Gasteiger charge is -2.14. The molecule has 0 atom stereocenters. The highest BCUT2D eigenvalue weighted by Gasteiger charge is 2.11. The molecule has 4 nitrogen and oxygen atoms in total. The SMILES string of the molecule is Cc1cc(NCC(=O)O)cc(Cl)c1Cc1ccc(O)c(C(C)C)c1. The molecule has 2 aromatic rings. The summed E-state index contributed by atoms with van der Waals surface area (Å²) in [7, 11) is 0. The zero-order chi connectivity index (χ0) is 17.9. The summed E-state index contributed by atoms with van der Waals surface area (Å²) in [6, 6.07) is 9.27. The van der Waals surface area contributed by atoms with Gasteiger partial charge < -0.3 is 15.5 Å². The number of carboxylic acid groups (broad SMARTS) is 1. The molecule has 0 amide bonds. The van der Waals surface area contributed by atoms with Crippen LogP contribution in [-0.2, 0) is 11.2 Å². The third-order valence-electron chi connectivity index (χ3n) is 3.96. The van der Waals surface area contributed by atoms with Gasteiger partial charge in [0.2, 0.25) is 0 Å². The number of aromatic hydroxyl groups is 1. The molecule has 2 rings (SSSR count). The van der Waals surface area contributed by atoms with Crippen LogP contribution in [-0.4, -0.2) is 22.7 Å². The Bertz CT molecular complexity index is 733. The first-order chi connectivity index (χ1) is 11.3. The molecule has 0 saturated carbocycles. The fourth-order valence-electron chi connectivity index (χ4n) is 2.66. The second kappa shape index (κ2) is 7.58. The first kappa shape index (κ1) is 18.1. The van der Waals surface area contributed by atoms with Gasteiger partial charge in [0.15, 0.2) is 0 Å². The zero-order valence-electron chi connectivity index (χ0n) is 14.1. The second-order valence-corrected chi connectivity index (χ2v) is 6.63. The Balaban J connectivity index is 2.27. The average molecular weight is 348 g/mol. The van der Waals surface area contributed by atoms with Gasteiger partial charge in [-0.05, 0) is 59.7 Å². The molecular formula is C19H22ClNO3. The van der Waals surface area contributed by atoms with Crippen LogP contribution in [0.25, 0.3) is 0 Å². The molecule has 0 unspecified atom stereocenters. The van der Waals surface area contributed by atoms with Crippen molar-refractivity contribution in [1.29, 1.82) is 0 Å². The number of carboxylic acids is 1. The molecule has 0 saturated heterocycles. The molecule has 0 bridgehead atoms. The second-order valence-electron chi connectivity index (χ2n) is 6.23. The maximum absolute atomic E-state index is 10.6. The maximum atomic E-state index is 10.6. The van der Waals surface area contributed by atoms with E-state index in [1.165, 1.54) is 0 Å². The summed E-state index contributed by atoms with van der Waals surface area (Å²) in [5.74, 6) is -0.368. The molecule has 0 radical (unpaired) electrons. The molecule has 0 aromatic heterocycles. The third-order valence-corrected chi connectivity index (χ3v) is 4.29. The summed E-state index contributed by atoms with van der Waals surface area (Å²) in [5, 5.41) is 22.1. The fourth-order valence-corrected chi connectivity index (χ4v) is 2.99. The zero-order valence-corrected chi connectivity index (χ0v) is 14.8. The number of halogens is 1. The number of phenolic OH excluding ortho intramolecular Hbond substituents is 1. The molecule has 2 aromatic carbocycles. The summed E-state index contributed by atoms with van der Waals surface area (Å²) >= 11 is 6.40. The van der Waals surface area contributed by atoms with Crippen molar-refractivity contribution in [1.82, 2.24) is 0 Å². The maximum Gasteiger partial charge on any atom is 0.322 e. The smallest absolute Gasteiger partial charge is 0.322 e. The van der Waals surface area contributed by atoms with E-state index in [9.17, 15) is 9.90 Å². The van der Waals surface area contributed by atoms with Crippen molar-refractivity contribution in [3.8, 4) is 5.75 Å². The molecule has 0 spiro atoms. The number of anilines is 1. The van der Waals surface area contributed by atoms with Gasteiger partial charge in [0.05, 0.1) is 0 Å². The molecule has 24 heavy (non-hydrogen) atoms. The summed E-state index contributed by atoms with van der Waals surface area (Å²) in [4.78, 5) is 10.6. The number of aryl methyl sites for hydroxylation is 1. The highest BCUT2D eigenvalue weighted by molar-refractivity contribution is 6.31. The van der Waals surface area contributed by atoms with Gasteiger partial charge in [-0.3, -0.25) is 4.79 Å². The number of nitrogens with one attached hydrogen (secondary N) is 1. The van der Waals surface area contributed by atoms with Crippen molar-refractivity contribution in [2.75, 3.05) is 11.9 Å². The Labute approximate surface area is 147 Å². The molecular weight excluding hydrogens is 326 g/mol. The van der Waals surface area contributed by atoms with Gasteiger partial charge in [-0.15, -0.1) is 0 Å². The van der Waals surface area contributed by atoms with Gasteiger partial charge in [-0.25, -0.2) is 0 Å². The standard InChI is InChI=1S/C19H22ClNO3/c1-11(2)15-7-13(4-5-18(15)22)8-16-12(3)6-14(9-17(16)20)21-10-19(23)24/h4-7,9,11,21-22H,8,10H2,1-3H3,(H,23,24). The number of carbonyl (C=O) groups is 1. The van der Waals surface area contributed by atoms with Gasteiger partial charge in [0, 0.05) is 10.7 Å². The van der Waals surface area contributed by atoms with E-state index in [1.54, 1.807) is 12.1 Å². The van der Waals surface area contributed by atoms with Crippen LogP contribution in [0.5, 0.6) is 5.75 Å². The number of aliphatic carboxylic acids is 1. The first-order valence-corrected chi connectivity index (χ1v) is 8.22. The molecule has 0 aliphatic rings. The summed E-state index contributed by atoms with van der Waals surface area (Å²) in [6.45, 7) is 5.89. The van der Waals surface area contributed by atoms with E-state index in [1.807, 2.05) is 39.0 Å². The normalized spacial score (nSPS) is 10.9. The van der Waals surface area contributed by atoms with Crippen LogP contribution in [0, 0.1) is 6.92 Å². The van der Waals surface area contributed by atoms with Crippen molar-refractivity contribution in [2.24, 2.45) is 0 Å². The highest BCUT2D eigenvalue weighted by atomic mass is 35.5. The van der Waals surface area contributed by atoms with Crippen LogP contribution in [0.15, 0.2) is 30.3 Å². The minimum Gasteiger partial charge on any atom is -0.508 e. The molecule has 0 aliphatic heterocycles. The Kier molecular flexibility index (Phi) is 5.73. The van der Waals surface area contributed by atoms with Gasteiger partial charge >= 0.3 is 5.97 Å². The predicted molar refractivity (Wildman–Crippen MR) is 97.3 cm³/mol. The molecule has 0 aliphatic carbocycles. The molecule has 3 N–H and O–H groups in total. The Hall–Kier alpha value is -2.20. The van der Waals surface area contributed by atoms with Gasteiger partial charge in [0.25, 0.3) is 0 Å². The Morgan fingerprint density at radius 2 is 1.96 bits per heavy atom. The van der Waals surface area contributed by atoms with E-state index in [0.717, 1.165) is 22.3 Å². The molecule has 128 valence electrons. The molecule has 0 heterocycles. The van der Waals surface area contributed by atoms with E-state index < -0.39 is 5.97 Å². The molecule has 5 heteroatoms. The lowest BCUT2D eigenvalue weighted by atomic mass is 9.95. The number of hydrogen-bond acceptors (Lipinski definition) is 3. The lowest BCUT2D eigenvalue weighted by molar-refractivity contribution is -0.134. The van der Waals surface area contributed by atoms with Gasteiger partial charge in [-0.1, -0.05) is 37.6 Å². The van der Waals surface area contributed by atoms with Crippen molar-refractivity contribution in [3.63, 3.8) is 0 Å². The minimum atomic E-state index is -0.918. The van der Waals surface area contributed by atoms with E-state index in [4.69, 9.17) is 16.7 Å². The van der Waals surface area contributed by atoms with E-state index in [0.29, 0.717) is 22.9 Å². The number of hydrogen-bond donors (Lipinski definition) is 3. The van der Waals surface area contributed by atoms with Crippen LogP contribution in [0.1, 0.15) is 42.0 Å². The summed E-state index contributed by atoms with van der Waals surface area (Å²) < 4.78 is 0. The quantitative estimate of drug-likeness (QED) is 0.716. The highest BCUT2D eigenvalue weighted by Crippen LogP contribution is 2.30. The third kappa shape index (κ3) is 4.42. The average Bonchev–Trinajstić information content (AvgIpc) is 2.50. The van der Waals surface area contributed by atoms with Crippen LogP contribution in [0.2, 0.25) is 5.02 Å². The van der Waals surface area contributed by atoms with Crippen molar-refractivity contribution >= 4 is 23.3 Å². The van der Waals surface area contributed by atoms with Crippen LogP contribution < -0.4 is 5.32 Å². The van der Waals surface area contributed by atoms with E-state index >= 15 is 0 Å². The van der Waals surface area contributed by atoms with E-state index in [-0.39, 0.29) is 12.5 Å². The minimum absolute atomic E-state index is 0.148. The summed E-state index contributed by atoms with van der Waals surface area (Å²) in [5.41, 5.74) is 4.68.